The smallest absolute Gasteiger partial charge is 0.328 e. The summed E-state index contributed by atoms with van der Waals surface area (Å²) < 4.78 is 5.29. The maximum atomic E-state index is 13.3. The number of ether oxygens (including phenoxy) is 1. The lowest BCUT2D eigenvalue weighted by Gasteiger charge is -2.39. The molecule has 3 aliphatic heterocycles. The number of amides is 3. The zero-order valence-corrected chi connectivity index (χ0v) is 19.4. The molecule has 3 heterocycles. The summed E-state index contributed by atoms with van der Waals surface area (Å²) in [4.78, 5) is 49.8. The Morgan fingerprint density at radius 3 is 2.58 bits per heavy atom. The van der Waals surface area contributed by atoms with Crippen molar-refractivity contribution in [3.63, 3.8) is 0 Å². The topological polar surface area (TPSA) is 85.8 Å². The normalized spacial score (nSPS) is 21.8. The molecule has 9 heteroatoms. The van der Waals surface area contributed by atoms with Gasteiger partial charge in [-0.1, -0.05) is 56.5 Å². The quantitative estimate of drug-likeness (QED) is 0.422. The van der Waals surface area contributed by atoms with Crippen LogP contribution in [0.1, 0.15) is 45.1 Å². The van der Waals surface area contributed by atoms with Crippen molar-refractivity contribution in [1.82, 2.24) is 19.6 Å². The number of allylic oxidation sites excluding steroid dienone is 1. The maximum Gasteiger partial charge on any atom is 0.328 e. The van der Waals surface area contributed by atoms with Gasteiger partial charge in [0, 0.05) is 25.5 Å². The van der Waals surface area contributed by atoms with Crippen molar-refractivity contribution >= 4 is 23.9 Å². The largest absolute Gasteiger partial charge is 0.459 e. The number of benzene rings is 1. The molecule has 2 atom stereocenters. The van der Waals surface area contributed by atoms with Crippen LogP contribution in [0.4, 0.5) is 4.79 Å². The summed E-state index contributed by atoms with van der Waals surface area (Å²) in [5, 5.41) is 0. The Kier molecular flexibility index (Phi) is 6.67. The van der Waals surface area contributed by atoms with E-state index in [1.807, 2.05) is 48.4 Å². The number of rotatable bonds is 9. The van der Waals surface area contributed by atoms with E-state index < -0.39 is 36.7 Å². The molecule has 9 nitrogen and oxygen atoms in total. The second kappa shape index (κ2) is 9.64. The van der Waals surface area contributed by atoms with Crippen LogP contribution in [0.3, 0.4) is 0 Å². The number of fused-ring (bicyclic) bond motifs is 3. The van der Waals surface area contributed by atoms with Crippen molar-refractivity contribution in [2.45, 2.75) is 58.3 Å². The number of imide groups is 1. The minimum Gasteiger partial charge on any atom is -0.459 e. The number of nitrogens with zero attached hydrogens (tertiary/aromatic N) is 5. The number of urea groups is 1. The fourth-order valence-electron chi connectivity index (χ4n) is 4.43. The fraction of sp³-hybridized carbons (Fsp3) is 0.500. The number of carbonyl (C=O) groups is 3. The number of hydrogen-bond donors (Lipinski definition) is 0. The molecule has 3 aliphatic rings. The van der Waals surface area contributed by atoms with Crippen molar-refractivity contribution in [1.29, 1.82) is 0 Å². The average Bonchev–Trinajstić information content (AvgIpc) is 3.32. The molecule has 1 saturated heterocycles. The molecule has 4 rings (SSSR count). The van der Waals surface area contributed by atoms with Crippen molar-refractivity contribution in [3.05, 3.63) is 47.8 Å². The van der Waals surface area contributed by atoms with Gasteiger partial charge in [-0.3, -0.25) is 14.5 Å². The Morgan fingerprint density at radius 1 is 1.09 bits per heavy atom. The molecule has 176 valence electrons. The lowest BCUT2D eigenvalue weighted by molar-refractivity contribution is -0.151. The van der Waals surface area contributed by atoms with Crippen LogP contribution >= 0.6 is 0 Å². The highest BCUT2D eigenvalue weighted by atomic mass is 16.5. The molecule has 33 heavy (non-hydrogen) atoms. The number of hydrogen-bond acceptors (Lipinski definition) is 7. The van der Waals surface area contributed by atoms with Gasteiger partial charge in [-0.05, 0) is 18.9 Å². The predicted molar refractivity (Wildman–Crippen MR) is 123 cm³/mol. The molecule has 1 aromatic carbocycles. The van der Waals surface area contributed by atoms with Gasteiger partial charge in [0.2, 0.25) is 5.96 Å². The van der Waals surface area contributed by atoms with Crippen molar-refractivity contribution in [2.75, 3.05) is 20.1 Å². The van der Waals surface area contributed by atoms with E-state index in [0.29, 0.717) is 5.96 Å². The van der Waals surface area contributed by atoms with E-state index in [4.69, 9.17) is 9.73 Å². The first kappa shape index (κ1) is 22.8. The van der Waals surface area contributed by atoms with Gasteiger partial charge in [0.1, 0.15) is 13.2 Å². The van der Waals surface area contributed by atoms with Crippen LogP contribution in [-0.2, 0) is 20.9 Å². The van der Waals surface area contributed by atoms with Crippen LogP contribution in [0.2, 0.25) is 0 Å². The second-order valence-electron chi connectivity index (χ2n) is 8.64. The number of esters is 1. The van der Waals surface area contributed by atoms with E-state index in [2.05, 4.69) is 11.8 Å². The van der Waals surface area contributed by atoms with Gasteiger partial charge < -0.3 is 19.4 Å². The highest BCUT2D eigenvalue weighted by Gasteiger charge is 2.54. The fourth-order valence-corrected chi connectivity index (χ4v) is 4.43. The second-order valence-corrected chi connectivity index (χ2v) is 8.64. The van der Waals surface area contributed by atoms with Crippen molar-refractivity contribution < 1.29 is 19.1 Å². The molecule has 2 unspecified atom stereocenters. The predicted octanol–water partition coefficient (Wildman–Crippen LogP) is 2.75. The highest BCUT2D eigenvalue weighted by Crippen LogP contribution is 2.34. The molecule has 0 spiro atoms. The molecule has 0 aromatic heterocycles. The summed E-state index contributed by atoms with van der Waals surface area (Å²) in [5.41, 5.74) is 1.86. The molecule has 0 N–H and O–H groups in total. The third-order valence-electron chi connectivity index (χ3n) is 6.27. The third kappa shape index (κ3) is 4.44. The van der Waals surface area contributed by atoms with Crippen LogP contribution < -0.4 is 0 Å². The summed E-state index contributed by atoms with van der Waals surface area (Å²) in [6, 6.07) is 8.05. The van der Waals surface area contributed by atoms with Crippen LogP contribution in [0, 0.1) is 0 Å². The third-order valence-corrected chi connectivity index (χ3v) is 6.27. The summed E-state index contributed by atoms with van der Waals surface area (Å²) in [7, 11) is 1.61. The zero-order chi connectivity index (χ0) is 23.5. The Hall–Kier alpha value is -3.36. The van der Waals surface area contributed by atoms with E-state index in [9.17, 15) is 14.4 Å². The molecular weight excluding hydrogens is 422 g/mol. The van der Waals surface area contributed by atoms with E-state index in [1.165, 1.54) is 11.3 Å². The van der Waals surface area contributed by atoms with Gasteiger partial charge in [0.05, 0.1) is 0 Å². The number of likely N-dealkylation sites (N-methyl/N-ethyl adjacent to an activating group) is 1. The molecule has 3 amide bonds. The number of guanidine groups is 1. The minimum absolute atomic E-state index is 0.0894. The number of aliphatic imine (C=N–C) groups is 1. The van der Waals surface area contributed by atoms with Crippen LogP contribution in [-0.4, -0.2) is 75.8 Å². The van der Waals surface area contributed by atoms with Crippen LogP contribution in [0.5, 0.6) is 0 Å². The molecule has 0 radical (unpaired) electrons. The standard InChI is InChI=1S/C24H31N5O4/c1-4-5-6-10-13-27-17(2)14-28-20-21(25-23(27)28)26(3)24(32)29(22(20)31)15-19(30)33-16-18-11-8-7-9-12-18/h7-9,11-12,14,20-21H,4-6,10,13,15-16H2,1-3H3. The first-order chi connectivity index (χ1) is 15.9. The lowest BCUT2D eigenvalue weighted by Crippen LogP contribution is -2.65. The van der Waals surface area contributed by atoms with Gasteiger partial charge in [-0.25, -0.2) is 9.79 Å². The van der Waals surface area contributed by atoms with E-state index >= 15 is 0 Å². The summed E-state index contributed by atoms with van der Waals surface area (Å²) >= 11 is 0. The van der Waals surface area contributed by atoms with Crippen molar-refractivity contribution in [2.24, 2.45) is 4.99 Å². The van der Waals surface area contributed by atoms with Gasteiger partial charge in [0.15, 0.2) is 12.2 Å². The van der Waals surface area contributed by atoms with Crippen LogP contribution in [0.25, 0.3) is 0 Å². The first-order valence-corrected chi connectivity index (χ1v) is 11.5. The van der Waals surface area contributed by atoms with Gasteiger partial charge in [0.25, 0.3) is 5.91 Å². The zero-order valence-electron chi connectivity index (χ0n) is 19.4. The summed E-state index contributed by atoms with van der Waals surface area (Å²) in [5.74, 6) is -0.367. The monoisotopic (exact) mass is 453 g/mol. The van der Waals surface area contributed by atoms with E-state index in [1.54, 1.807) is 7.05 Å². The SMILES string of the molecule is CCCCCCN1C(C)=CN2C1=NC1C2C(=O)N(CC(=O)OCc2ccccc2)C(=O)N1C. The van der Waals surface area contributed by atoms with Gasteiger partial charge in [-0.2, -0.15) is 0 Å². The van der Waals surface area contributed by atoms with Crippen molar-refractivity contribution in [3.8, 4) is 0 Å². The molecule has 0 bridgehead atoms. The Morgan fingerprint density at radius 2 is 1.85 bits per heavy atom. The number of unbranched alkanes of at least 4 members (excludes halogenated alkanes) is 3. The average molecular weight is 454 g/mol. The lowest BCUT2D eigenvalue weighted by atomic mass is 10.1. The molecule has 0 saturated carbocycles. The molecular formula is C24H31N5O4. The first-order valence-electron chi connectivity index (χ1n) is 11.5. The number of carbonyl (C=O) groups excluding carboxylic acids is 3. The van der Waals surface area contributed by atoms with E-state index in [-0.39, 0.29) is 6.61 Å². The van der Waals surface area contributed by atoms with Gasteiger partial charge >= 0.3 is 12.0 Å². The Bertz CT molecular complexity index is 976. The molecule has 1 fully saturated rings. The summed E-state index contributed by atoms with van der Waals surface area (Å²) in [6.45, 7) is 4.65. The van der Waals surface area contributed by atoms with Gasteiger partial charge in [-0.15, -0.1) is 0 Å². The maximum absolute atomic E-state index is 13.3. The molecule has 1 aromatic rings. The minimum atomic E-state index is -0.680. The Balaban J connectivity index is 1.43. The van der Waals surface area contributed by atoms with E-state index in [0.717, 1.165) is 42.0 Å². The Labute approximate surface area is 194 Å². The highest BCUT2D eigenvalue weighted by molar-refractivity contribution is 6.06. The van der Waals surface area contributed by atoms with Crippen LogP contribution in [0.15, 0.2) is 47.2 Å². The molecule has 0 aliphatic carbocycles. The summed E-state index contributed by atoms with van der Waals surface area (Å²) in [6.07, 6.45) is 5.82.